The minimum absolute atomic E-state index is 0.496. The molecule has 0 atom stereocenters. The molecule has 1 saturated heterocycles. The number of aryl methyl sites for hydroxylation is 2. The fraction of sp³-hybridized carbons (Fsp3) is 0.304. The summed E-state index contributed by atoms with van der Waals surface area (Å²) in [5.41, 5.74) is 5.57. The van der Waals surface area contributed by atoms with Crippen molar-refractivity contribution in [2.45, 2.75) is 19.3 Å². The minimum atomic E-state index is 0.496. The van der Waals surface area contributed by atoms with Gasteiger partial charge in [-0.2, -0.15) is 0 Å². The highest BCUT2D eigenvalue weighted by atomic mass is 35.5. The van der Waals surface area contributed by atoms with Crippen molar-refractivity contribution in [3.05, 3.63) is 71.0 Å². The maximum absolute atomic E-state index is 5.99. The van der Waals surface area contributed by atoms with Gasteiger partial charge >= 0.3 is 0 Å². The highest BCUT2D eigenvalue weighted by Gasteiger charge is 2.29. The molecule has 0 N–H and O–H groups in total. The topological polar surface area (TPSA) is 38.2 Å². The second-order valence-electron chi connectivity index (χ2n) is 7.64. The third-order valence-corrected chi connectivity index (χ3v) is 5.81. The number of hydrogen-bond donors (Lipinski definition) is 0. The zero-order chi connectivity index (χ0) is 18.9. The van der Waals surface area contributed by atoms with Crippen molar-refractivity contribution in [1.82, 2.24) is 9.97 Å². The number of fused-ring (bicyclic) bond motifs is 1. The standard InChI is InChI=1S/C23H22ClN3O/c24-21-11-25-23(26-12-21)27-13-16(14-27)15-28-22-8-6-18(7-9-22)20-5-4-17-2-1-3-19(17)10-20/h4-12,16H,1-3,13-15H2. The van der Waals surface area contributed by atoms with E-state index in [4.69, 9.17) is 16.3 Å². The van der Waals surface area contributed by atoms with E-state index in [1.165, 1.54) is 41.5 Å². The molecule has 0 saturated carbocycles. The molecule has 0 bridgehead atoms. The van der Waals surface area contributed by atoms with Crippen molar-refractivity contribution in [2.75, 3.05) is 24.6 Å². The molecule has 142 valence electrons. The quantitative estimate of drug-likeness (QED) is 0.626. The lowest BCUT2D eigenvalue weighted by molar-refractivity contribution is 0.219. The van der Waals surface area contributed by atoms with Crippen LogP contribution in [0, 0.1) is 5.92 Å². The van der Waals surface area contributed by atoms with Gasteiger partial charge in [0, 0.05) is 19.0 Å². The van der Waals surface area contributed by atoms with E-state index in [0.29, 0.717) is 17.5 Å². The molecule has 1 aliphatic heterocycles. The Hall–Kier alpha value is -2.59. The first-order valence-electron chi connectivity index (χ1n) is 9.82. The van der Waals surface area contributed by atoms with Crippen LogP contribution in [0.5, 0.6) is 5.75 Å². The highest BCUT2D eigenvalue weighted by Crippen LogP contribution is 2.29. The molecule has 4 nitrogen and oxygen atoms in total. The van der Waals surface area contributed by atoms with Crippen LogP contribution >= 0.6 is 11.6 Å². The summed E-state index contributed by atoms with van der Waals surface area (Å²) in [4.78, 5) is 10.7. The molecule has 2 heterocycles. The third-order valence-electron chi connectivity index (χ3n) is 5.62. The van der Waals surface area contributed by atoms with Crippen LogP contribution in [0.3, 0.4) is 0 Å². The molecule has 1 fully saturated rings. The summed E-state index contributed by atoms with van der Waals surface area (Å²) in [5.74, 6) is 2.15. The first kappa shape index (κ1) is 17.5. The largest absolute Gasteiger partial charge is 0.493 e. The van der Waals surface area contributed by atoms with Crippen molar-refractivity contribution >= 4 is 17.5 Å². The van der Waals surface area contributed by atoms with Gasteiger partial charge in [-0.1, -0.05) is 41.9 Å². The molecule has 1 aromatic heterocycles. The highest BCUT2D eigenvalue weighted by molar-refractivity contribution is 6.30. The maximum atomic E-state index is 5.99. The second kappa shape index (κ2) is 7.44. The third kappa shape index (κ3) is 3.57. The zero-order valence-electron chi connectivity index (χ0n) is 15.6. The van der Waals surface area contributed by atoms with E-state index in [-0.39, 0.29) is 0 Å². The Morgan fingerprint density at radius 3 is 2.43 bits per heavy atom. The van der Waals surface area contributed by atoms with E-state index in [0.717, 1.165) is 24.8 Å². The van der Waals surface area contributed by atoms with Crippen LogP contribution in [0.2, 0.25) is 5.02 Å². The molecular weight excluding hydrogens is 370 g/mol. The normalized spacial score (nSPS) is 16.0. The number of nitrogens with zero attached hydrogens (tertiary/aromatic N) is 3. The lowest BCUT2D eigenvalue weighted by Gasteiger charge is -2.38. The van der Waals surface area contributed by atoms with Crippen molar-refractivity contribution in [1.29, 1.82) is 0 Å². The number of rotatable bonds is 5. The van der Waals surface area contributed by atoms with E-state index in [2.05, 4.69) is 57.3 Å². The predicted molar refractivity (Wildman–Crippen MR) is 112 cm³/mol. The first-order valence-corrected chi connectivity index (χ1v) is 10.2. The molecule has 0 amide bonds. The lowest BCUT2D eigenvalue weighted by atomic mass is 10.0. The Bertz CT molecular complexity index is 966. The molecule has 28 heavy (non-hydrogen) atoms. The summed E-state index contributed by atoms with van der Waals surface area (Å²) >= 11 is 5.84. The van der Waals surface area contributed by atoms with Gasteiger partial charge in [0.25, 0.3) is 0 Å². The predicted octanol–water partition coefficient (Wildman–Crippen LogP) is 4.80. The van der Waals surface area contributed by atoms with Gasteiger partial charge in [0.15, 0.2) is 0 Å². The smallest absolute Gasteiger partial charge is 0.225 e. The van der Waals surface area contributed by atoms with Gasteiger partial charge in [0.05, 0.1) is 24.0 Å². The Labute approximate surface area is 170 Å². The Morgan fingerprint density at radius 2 is 1.64 bits per heavy atom. The number of halogens is 1. The zero-order valence-corrected chi connectivity index (χ0v) is 16.4. The number of hydrogen-bond acceptors (Lipinski definition) is 4. The van der Waals surface area contributed by atoms with E-state index < -0.39 is 0 Å². The van der Waals surface area contributed by atoms with Crippen LogP contribution in [-0.4, -0.2) is 29.7 Å². The van der Waals surface area contributed by atoms with Crippen molar-refractivity contribution in [2.24, 2.45) is 5.92 Å². The molecule has 5 rings (SSSR count). The summed E-state index contributed by atoms with van der Waals surface area (Å²) in [5, 5.41) is 0.562. The Balaban J connectivity index is 1.15. The van der Waals surface area contributed by atoms with Gasteiger partial charge in [0.2, 0.25) is 5.95 Å². The molecular formula is C23H22ClN3O. The average Bonchev–Trinajstić information content (AvgIpc) is 3.16. The van der Waals surface area contributed by atoms with E-state index in [1.54, 1.807) is 12.4 Å². The first-order chi connectivity index (χ1) is 13.7. The summed E-state index contributed by atoms with van der Waals surface area (Å²) in [7, 11) is 0. The van der Waals surface area contributed by atoms with Gasteiger partial charge < -0.3 is 9.64 Å². The SMILES string of the molecule is Clc1cnc(N2CC(COc3ccc(-c4ccc5c(c4)CCC5)cc3)C2)nc1. The van der Waals surface area contributed by atoms with Crippen molar-refractivity contribution in [3.63, 3.8) is 0 Å². The van der Waals surface area contributed by atoms with E-state index in [1.807, 2.05) is 0 Å². The molecule has 5 heteroatoms. The number of aromatic nitrogens is 2. The van der Waals surface area contributed by atoms with Gasteiger partial charge in [-0.3, -0.25) is 0 Å². The molecule has 0 radical (unpaired) electrons. The van der Waals surface area contributed by atoms with Crippen LogP contribution in [0.4, 0.5) is 5.95 Å². The molecule has 0 unspecified atom stereocenters. The summed E-state index contributed by atoms with van der Waals surface area (Å²) in [6, 6.07) is 15.3. The number of anilines is 1. The fourth-order valence-corrected chi connectivity index (χ4v) is 4.11. The van der Waals surface area contributed by atoms with Gasteiger partial charge in [-0.25, -0.2) is 9.97 Å². The van der Waals surface area contributed by atoms with Crippen molar-refractivity contribution < 1.29 is 4.74 Å². The number of benzene rings is 2. The van der Waals surface area contributed by atoms with E-state index in [9.17, 15) is 0 Å². The van der Waals surface area contributed by atoms with Crippen LogP contribution in [0.25, 0.3) is 11.1 Å². The summed E-state index contributed by atoms with van der Waals surface area (Å²) in [6.07, 6.45) is 7.00. The van der Waals surface area contributed by atoms with Crippen LogP contribution < -0.4 is 9.64 Å². The Morgan fingerprint density at radius 1 is 0.929 bits per heavy atom. The minimum Gasteiger partial charge on any atom is -0.493 e. The molecule has 2 aliphatic rings. The molecule has 0 spiro atoms. The average molecular weight is 392 g/mol. The van der Waals surface area contributed by atoms with Crippen LogP contribution in [0.1, 0.15) is 17.5 Å². The summed E-state index contributed by atoms with van der Waals surface area (Å²) in [6.45, 7) is 2.53. The van der Waals surface area contributed by atoms with Gasteiger partial charge in [-0.15, -0.1) is 0 Å². The van der Waals surface area contributed by atoms with Crippen molar-refractivity contribution in [3.8, 4) is 16.9 Å². The maximum Gasteiger partial charge on any atom is 0.225 e. The summed E-state index contributed by atoms with van der Waals surface area (Å²) < 4.78 is 5.99. The Kier molecular flexibility index (Phi) is 4.65. The monoisotopic (exact) mass is 391 g/mol. The van der Waals surface area contributed by atoms with Crippen LogP contribution in [0.15, 0.2) is 54.9 Å². The molecule has 2 aromatic carbocycles. The van der Waals surface area contributed by atoms with Gasteiger partial charge in [-0.05, 0) is 53.6 Å². The van der Waals surface area contributed by atoms with E-state index >= 15 is 0 Å². The van der Waals surface area contributed by atoms with Crippen LogP contribution in [-0.2, 0) is 12.8 Å². The second-order valence-corrected chi connectivity index (χ2v) is 8.08. The number of ether oxygens (including phenoxy) is 1. The fourth-order valence-electron chi connectivity index (χ4n) is 4.02. The lowest BCUT2D eigenvalue weighted by Crippen LogP contribution is -2.50. The molecule has 3 aromatic rings. The molecule has 1 aliphatic carbocycles. The van der Waals surface area contributed by atoms with Gasteiger partial charge in [0.1, 0.15) is 5.75 Å².